The molecule has 0 spiro atoms. The van der Waals surface area contributed by atoms with Crippen LogP contribution in [0.15, 0.2) is 0 Å². The highest BCUT2D eigenvalue weighted by atomic mass is 16.5. The molecule has 0 aromatic carbocycles. The predicted octanol–water partition coefficient (Wildman–Crippen LogP) is 1.40. The number of ether oxygens (including phenoxy) is 1. The summed E-state index contributed by atoms with van der Waals surface area (Å²) in [5.74, 6) is 0. The van der Waals surface area contributed by atoms with Gasteiger partial charge in [-0.25, -0.2) is 0 Å². The zero-order chi connectivity index (χ0) is 10.1. The second-order valence-electron chi connectivity index (χ2n) is 4.92. The summed E-state index contributed by atoms with van der Waals surface area (Å²) in [7, 11) is 0. The molecule has 1 saturated heterocycles. The van der Waals surface area contributed by atoms with Crippen LogP contribution >= 0.6 is 0 Å². The predicted molar refractivity (Wildman–Crippen MR) is 51.3 cm³/mol. The molecule has 1 heterocycles. The Hall–Kier alpha value is -0.590. The summed E-state index contributed by atoms with van der Waals surface area (Å²) in [6.07, 6.45) is 0. The fraction of sp³-hybridized carbons (Fsp3) is 0.900. The summed E-state index contributed by atoms with van der Waals surface area (Å²) >= 11 is 0. The van der Waals surface area contributed by atoms with Crippen LogP contribution in [-0.4, -0.2) is 35.7 Å². The van der Waals surface area contributed by atoms with Crippen LogP contribution in [0.3, 0.4) is 0 Å². The highest BCUT2D eigenvalue weighted by Crippen LogP contribution is 2.27. The molecule has 3 heteroatoms. The molecular formula is C10H18N2O. The Morgan fingerprint density at radius 1 is 1.23 bits per heavy atom. The number of hydrogen-bond donors (Lipinski definition) is 0. The van der Waals surface area contributed by atoms with Gasteiger partial charge in [0.05, 0.1) is 23.8 Å². The Bertz CT molecular complexity index is 212. The summed E-state index contributed by atoms with van der Waals surface area (Å²) in [6, 6.07) is 2.18. The van der Waals surface area contributed by atoms with Crippen LogP contribution in [0.4, 0.5) is 0 Å². The maximum Gasteiger partial charge on any atom is 0.0867 e. The smallest absolute Gasteiger partial charge is 0.0867 e. The minimum absolute atomic E-state index is 0.140. The highest BCUT2D eigenvalue weighted by molar-refractivity contribution is 4.92. The fourth-order valence-corrected chi connectivity index (χ4v) is 2.16. The molecule has 3 nitrogen and oxygen atoms in total. The lowest BCUT2D eigenvalue weighted by Gasteiger charge is -2.46. The molecule has 0 aromatic heterocycles. The first-order valence-electron chi connectivity index (χ1n) is 4.64. The van der Waals surface area contributed by atoms with E-state index in [1.807, 2.05) is 0 Å². The first-order chi connectivity index (χ1) is 5.85. The molecule has 1 rings (SSSR count). The van der Waals surface area contributed by atoms with Gasteiger partial charge >= 0.3 is 0 Å². The molecule has 1 fully saturated rings. The van der Waals surface area contributed by atoms with Crippen molar-refractivity contribution in [3.05, 3.63) is 0 Å². The van der Waals surface area contributed by atoms with Gasteiger partial charge < -0.3 is 4.74 Å². The van der Waals surface area contributed by atoms with Crippen molar-refractivity contribution < 1.29 is 4.74 Å². The average molecular weight is 182 g/mol. The molecule has 0 bridgehead atoms. The van der Waals surface area contributed by atoms with E-state index in [0.29, 0.717) is 6.54 Å². The Labute approximate surface area is 80.3 Å². The standard InChI is InChI=1S/C10H18N2O/c1-9(2)7-12(6-5-11)8-10(3,4)13-9/h6-8H2,1-4H3. The second-order valence-corrected chi connectivity index (χ2v) is 4.92. The van der Waals surface area contributed by atoms with E-state index in [0.717, 1.165) is 13.1 Å². The molecule has 0 radical (unpaired) electrons. The van der Waals surface area contributed by atoms with Crippen LogP contribution in [0.25, 0.3) is 0 Å². The largest absolute Gasteiger partial charge is 0.367 e. The minimum atomic E-state index is -0.140. The van der Waals surface area contributed by atoms with Crippen molar-refractivity contribution in [2.75, 3.05) is 19.6 Å². The van der Waals surface area contributed by atoms with E-state index < -0.39 is 0 Å². The lowest BCUT2D eigenvalue weighted by atomic mass is 9.99. The number of rotatable bonds is 1. The van der Waals surface area contributed by atoms with Gasteiger partial charge in [-0.3, -0.25) is 4.90 Å². The van der Waals surface area contributed by atoms with Crippen molar-refractivity contribution in [1.29, 1.82) is 5.26 Å². The van der Waals surface area contributed by atoms with Gasteiger partial charge in [0.15, 0.2) is 0 Å². The van der Waals surface area contributed by atoms with Crippen molar-refractivity contribution in [2.45, 2.75) is 38.9 Å². The maximum absolute atomic E-state index is 8.63. The Morgan fingerprint density at radius 3 is 2.08 bits per heavy atom. The van der Waals surface area contributed by atoms with Gasteiger partial charge in [0, 0.05) is 13.1 Å². The van der Waals surface area contributed by atoms with Gasteiger partial charge in [-0.1, -0.05) is 0 Å². The number of morpholine rings is 1. The van der Waals surface area contributed by atoms with Crippen molar-refractivity contribution >= 4 is 0 Å². The van der Waals surface area contributed by atoms with E-state index in [1.165, 1.54) is 0 Å². The van der Waals surface area contributed by atoms with Gasteiger partial charge in [0.1, 0.15) is 0 Å². The third kappa shape index (κ3) is 2.98. The van der Waals surface area contributed by atoms with Crippen molar-refractivity contribution in [3.8, 4) is 6.07 Å². The quantitative estimate of drug-likeness (QED) is 0.575. The molecule has 0 amide bonds. The van der Waals surface area contributed by atoms with Gasteiger partial charge in [0.25, 0.3) is 0 Å². The van der Waals surface area contributed by atoms with E-state index in [2.05, 4.69) is 38.7 Å². The number of nitrogens with zero attached hydrogens (tertiary/aromatic N) is 2. The summed E-state index contributed by atoms with van der Waals surface area (Å²) in [4.78, 5) is 2.14. The fourth-order valence-electron chi connectivity index (χ4n) is 2.16. The first kappa shape index (κ1) is 10.5. The third-order valence-electron chi connectivity index (χ3n) is 2.06. The zero-order valence-corrected chi connectivity index (χ0v) is 8.92. The minimum Gasteiger partial charge on any atom is -0.367 e. The summed E-state index contributed by atoms with van der Waals surface area (Å²) < 4.78 is 5.89. The normalized spacial score (nSPS) is 26.7. The lowest BCUT2D eigenvalue weighted by molar-refractivity contribution is -0.178. The zero-order valence-electron chi connectivity index (χ0n) is 8.92. The average Bonchev–Trinajstić information content (AvgIpc) is 1.78. The summed E-state index contributed by atoms with van der Waals surface area (Å²) in [6.45, 7) is 10.4. The van der Waals surface area contributed by atoms with Gasteiger partial charge in [-0.2, -0.15) is 5.26 Å². The van der Waals surface area contributed by atoms with Gasteiger partial charge in [-0.05, 0) is 27.7 Å². The van der Waals surface area contributed by atoms with Crippen LogP contribution in [0, 0.1) is 11.3 Å². The van der Waals surface area contributed by atoms with Crippen LogP contribution in [0.5, 0.6) is 0 Å². The van der Waals surface area contributed by atoms with E-state index in [1.54, 1.807) is 0 Å². The third-order valence-corrected chi connectivity index (χ3v) is 2.06. The molecule has 1 aliphatic rings. The monoisotopic (exact) mass is 182 g/mol. The SMILES string of the molecule is CC1(C)CN(CC#N)CC(C)(C)O1. The van der Waals surface area contributed by atoms with Crippen molar-refractivity contribution in [1.82, 2.24) is 4.90 Å². The van der Waals surface area contributed by atoms with Gasteiger partial charge in [-0.15, -0.1) is 0 Å². The molecule has 0 saturated carbocycles. The summed E-state index contributed by atoms with van der Waals surface area (Å²) in [5, 5.41) is 8.63. The Balaban J connectivity index is 2.67. The van der Waals surface area contributed by atoms with E-state index in [-0.39, 0.29) is 11.2 Å². The van der Waals surface area contributed by atoms with Crippen LogP contribution < -0.4 is 0 Å². The maximum atomic E-state index is 8.63. The highest BCUT2D eigenvalue weighted by Gasteiger charge is 2.37. The Kier molecular flexibility index (Phi) is 2.65. The van der Waals surface area contributed by atoms with E-state index in [4.69, 9.17) is 10.00 Å². The molecular weight excluding hydrogens is 164 g/mol. The molecule has 0 aromatic rings. The second kappa shape index (κ2) is 3.28. The number of hydrogen-bond acceptors (Lipinski definition) is 3. The van der Waals surface area contributed by atoms with Crippen LogP contribution in [0.1, 0.15) is 27.7 Å². The molecule has 13 heavy (non-hydrogen) atoms. The Morgan fingerprint density at radius 2 is 1.69 bits per heavy atom. The number of nitriles is 1. The van der Waals surface area contributed by atoms with Crippen LogP contribution in [-0.2, 0) is 4.74 Å². The molecule has 0 unspecified atom stereocenters. The first-order valence-corrected chi connectivity index (χ1v) is 4.64. The molecule has 0 N–H and O–H groups in total. The van der Waals surface area contributed by atoms with E-state index >= 15 is 0 Å². The molecule has 0 aliphatic carbocycles. The van der Waals surface area contributed by atoms with Crippen molar-refractivity contribution in [2.24, 2.45) is 0 Å². The molecule has 74 valence electrons. The molecule has 0 atom stereocenters. The molecule has 1 aliphatic heterocycles. The lowest BCUT2D eigenvalue weighted by Crippen LogP contribution is -2.57. The van der Waals surface area contributed by atoms with E-state index in [9.17, 15) is 0 Å². The van der Waals surface area contributed by atoms with Gasteiger partial charge in [0.2, 0.25) is 0 Å². The topological polar surface area (TPSA) is 36.3 Å². The van der Waals surface area contributed by atoms with Crippen molar-refractivity contribution in [3.63, 3.8) is 0 Å². The summed E-state index contributed by atoms with van der Waals surface area (Å²) in [5.41, 5.74) is -0.281. The van der Waals surface area contributed by atoms with Crippen LogP contribution in [0.2, 0.25) is 0 Å².